The van der Waals surface area contributed by atoms with E-state index in [1.54, 1.807) is 17.7 Å². The van der Waals surface area contributed by atoms with Gasteiger partial charge < -0.3 is 5.32 Å². The fraction of sp³-hybridized carbons (Fsp3) is 0.111. The molecule has 0 saturated carbocycles. The Hall–Kier alpha value is -2.30. The van der Waals surface area contributed by atoms with E-state index in [4.69, 9.17) is 23.2 Å². The van der Waals surface area contributed by atoms with Gasteiger partial charge in [0.1, 0.15) is 5.15 Å². The predicted molar refractivity (Wildman–Crippen MR) is 95.9 cm³/mol. The minimum absolute atomic E-state index is 0.278. The van der Waals surface area contributed by atoms with Crippen LogP contribution in [0.2, 0.25) is 10.2 Å². The smallest absolute Gasteiger partial charge is 0.256 e. The maximum atomic E-state index is 12.5. The highest BCUT2D eigenvalue weighted by Gasteiger charge is 2.21. The molecule has 2 aromatic carbocycles. The van der Waals surface area contributed by atoms with E-state index in [0.29, 0.717) is 22.8 Å². The van der Waals surface area contributed by atoms with Crippen molar-refractivity contribution in [2.24, 2.45) is 0 Å². The molecule has 122 valence electrons. The number of halogens is 2. The van der Waals surface area contributed by atoms with Crippen LogP contribution in [-0.2, 0) is 6.54 Å². The van der Waals surface area contributed by atoms with Gasteiger partial charge in [-0.15, -0.1) is 0 Å². The number of amides is 1. The molecule has 1 aromatic heterocycles. The molecule has 0 unspecified atom stereocenters. The minimum atomic E-state index is -0.278. The van der Waals surface area contributed by atoms with Crippen LogP contribution >= 0.6 is 23.2 Å². The van der Waals surface area contributed by atoms with Crippen molar-refractivity contribution in [3.8, 4) is 5.69 Å². The molecule has 0 atom stereocenters. The first-order valence-electron chi connectivity index (χ1n) is 7.40. The first-order valence-corrected chi connectivity index (χ1v) is 8.15. The Bertz CT molecular complexity index is 875. The van der Waals surface area contributed by atoms with E-state index < -0.39 is 0 Å². The van der Waals surface area contributed by atoms with Gasteiger partial charge in [-0.25, -0.2) is 4.68 Å². The monoisotopic (exact) mass is 359 g/mol. The summed E-state index contributed by atoms with van der Waals surface area (Å²) < 4.78 is 1.56. The van der Waals surface area contributed by atoms with Gasteiger partial charge in [0.2, 0.25) is 0 Å². The summed E-state index contributed by atoms with van der Waals surface area (Å²) in [7, 11) is 0. The van der Waals surface area contributed by atoms with Crippen LogP contribution in [0.1, 0.15) is 21.6 Å². The van der Waals surface area contributed by atoms with Gasteiger partial charge in [0.25, 0.3) is 5.91 Å². The molecule has 0 saturated heterocycles. The first-order chi connectivity index (χ1) is 11.6. The number of nitrogens with one attached hydrogen (secondary N) is 1. The van der Waals surface area contributed by atoms with Gasteiger partial charge in [0.05, 0.1) is 16.9 Å². The molecular formula is C18H15Cl2N3O. The molecular weight excluding hydrogens is 345 g/mol. The van der Waals surface area contributed by atoms with Gasteiger partial charge in [-0.2, -0.15) is 5.10 Å². The number of aryl methyl sites for hydroxylation is 1. The number of rotatable bonds is 4. The zero-order valence-corrected chi connectivity index (χ0v) is 14.5. The lowest BCUT2D eigenvalue weighted by atomic mass is 10.2. The van der Waals surface area contributed by atoms with Crippen LogP contribution in [0.25, 0.3) is 5.69 Å². The third-order valence-corrected chi connectivity index (χ3v) is 4.35. The van der Waals surface area contributed by atoms with Crippen molar-refractivity contribution in [3.05, 3.63) is 81.6 Å². The SMILES string of the molecule is Cc1nn(-c2ccccc2)c(Cl)c1C(=O)NCc1ccccc1Cl. The number of benzene rings is 2. The summed E-state index contributed by atoms with van der Waals surface area (Å²) in [5.41, 5.74) is 2.58. The fourth-order valence-electron chi connectivity index (χ4n) is 2.40. The van der Waals surface area contributed by atoms with Crippen molar-refractivity contribution in [1.29, 1.82) is 0 Å². The number of hydrogen-bond donors (Lipinski definition) is 1. The molecule has 1 heterocycles. The number of carbonyl (C=O) groups excluding carboxylic acids is 1. The first kappa shape index (κ1) is 16.6. The molecule has 0 aliphatic rings. The highest BCUT2D eigenvalue weighted by Crippen LogP contribution is 2.23. The largest absolute Gasteiger partial charge is 0.348 e. The molecule has 6 heteroatoms. The summed E-state index contributed by atoms with van der Waals surface area (Å²) in [6.07, 6.45) is 0. The summed E-state index contributed by atoms with van der Waals surface area (Å²) in [5, 5.41) is 8.11. The summed E-state index contributed by atoms with van der Waals surface area (Å²) in [6.45, 7) is 2.08. The van der Waals surface area contributed by atoms with Crippen LogP contribution in [-0.4, -0.2) is 15.7 Å². The Morgan fingerprint density at radius 1 is 1.08 bits per heavy atom. The average Bonchev–Trinajstić information content (AvgIpc) is 2.89. The Morgan fingerprint density at radius 3 is 2.46 bits per heavy atom. The van der Waals surface area contributed by atoms with Crippen LogP contribution in [0.4, 0.5) is 0 Å². The Kier molecular flexibility index (Phi) is 4.88. The van der Waals surface area contributed by atoms with Crippen LogP contribution < -0.4 is 5.32 Å². The molecule has 0 fully saturated rings. The van der Waals surface area contributed by atoms with Crippen LogP contribution in [0, 0.1) is 6.92 Å². The number of para-hydroxylation sites is 1. The van der Waals surface area contributed by atoms with E-state index in [9.17, 15) is 4.79 Å². The molecule has 0 bridgehead atoms. The number of hydrogen-bond acceptors (Lipinski definition) is 2. The second kappa shape index (κ2) is 7.07. The van der Waals surface area contributed by atoms with E-state index in [1.807, 2.05) is 48.5 Å². The molecule has 1 N–H and O–H groups in total. The van der Waals surface area contributed by atoms with E-state index >= 15 is 0 Å². The molecule has 3 rings (SSSR count). The highest BCUT2D eigenvalue weighted by molar-refractivity contribution is 6.33. The standard InChI is InChI=1S/C18H15Cl2N3O/c1-12-16(17(20)23(22-12)14-8-3-2-4-9-14)18(24)21-11-13-7-5-6-10-15(13)19/h2-10H,11H2,1H3,(H,21,24). The predicted octanol–water partition coefficient (Wildman–Crippen LogP) is 4.42. The van der Waals surface area contributed by atoms with Crippen LogP contribution in [0.5, 0.6) is 0 Å². The van der Waals surface area contributed by atoms with Crippen LogP contribution in [0.15, 0.2) is 54.6 Å². The summed E-state index contributed by atoms with van der Waals surface area (Å²) in [6, 6.07) is 16.8. The molecule has 4 nitrogen and oxygen atoms in total. The lowest BCUT2D eigenvalue weighted by Crippen LogP contribution is -2.23. The van der Waals surface area contributed by atoms with Crippen molar-refractivity contribution in [3.63, 3.8) is 0 Å². The van der Waals surface area contributed by atoms with Crippen molar-refractivity contribution in [2.75, 3.05) is 0 Å². The zero-order valence-electron chi connectivity index (χ0n) is 13.0. The second-order valence-electron chi connectivity index (χ2n) is 5.27. The van der Waals surface area contributed by atoms with Crippen molar-refractivity contribution < 1.29 is 4.79 Å². The van der Waals surface area contributed by atoms with E-state index in [2.05, 4.69) is 10.4 Å². The normalized spacial score (nSPS) is 10.6. The van der Waals surface area contributed by atoms with Crippen LogP contribution in [0.3, 0.4) is 0 Å². The second-order valence-corrected chi connectivity index (χ2v) is 6.04. The molecule has 1 amide bonds. The van der Waals surface area contributed by atoms with Crippen molar-refractivity contribution in [1.82, 2.24) is 15.1 Å². The third-order valence-electron chi connectivity index (χ3n) is 3.63. The lowest BCUT2D eigenvalue weighted by molar-refractivity contribution is 0.0950. The van der Waals surface area contributed by atoms with Crippen molar-refractivity contribution >= 4 is 29.1 Å². The molecule has 0 aliphatic carbocycles. The minimum Gasteiger partial charge on any atom is -0.348 e. The lowest BCUT2D eigenvalue weighted by Gasteiger charge is -2.07. The molecule has 0 spiro atoms. The highest BCUT2D eigenvalue weighted by atomic mass is 35.5. The Balaban J connectivity index is 1.83. The van der Waals surface area contributed by atoms with Gasteiger partial charge in [0.15, 0.2) is 0 Å². The molecule has 0 radical (unpaired) electrons. The van der Waals surface area contributed by atoms with E-state index in [1.165, 1.54) is 0 Å². The molecule has 0 aliphatic heterocycles. The third kappa shape index (κ3) is 3.30. The number of carbonyl (C=O) groups is 1. The maximum absolute atomic E-state index is 12.5. The van der Waals surface area contributed by atoms with Crippen molar-refractivity contribution in [2.45, 2.75) is 13.5 Å². The summed E-state index contributed by atoms with van der Waals surface area (Å²) in [4.78, 5) is 12.5. The Labute approximate surface area is 150 Å². The average molecular weight is 360 g/mol. The van der Waals surface area contributed by atoms with E-state index in [0.717, 1.165) is 11.3 Å². The summed E-state index contributed by atoms with van der Waals surface area (Å²) in [5.74, 6) is -0.278. The number of nitrogens with zero attached hydrogens (tertiary/aromatic N) is 2. The zero-order chi connectivity index (χ0) is 17.1. The molecule has 24 heavy (non-hydrogen) atoms. The number of aromatic nitrogens is 2. The van der Waals surface area contributed by atoms with E-state index in [-0.39, 0.29) is 11.1 Å². The maximum Gasteiger partial charge on any atom is 0.256 e. The van der Waals surface area contributed by atoms with Gasteiger partial charge in [0, 0.05) is 11.6 Å². The van der Waals surface area contributed by atoms with Gasteiger partial charge in [-0.05, 0) is 30.7 Å². The Morgan fingerprint density at radius 2 is 1.75 bits per heavy atom. The quantitative estimate of drug-likeness (QED) is 0.749. The van der Waals surface area contributed by atoms with Gasteiger partial charge in [-0.1, -0.05) is 59.6 Å². The summed E-state index contributed by atoms with van der Waals surface area (Å²) >= 11 is 12.5. The topological polar surface area (TPSA) is 46.9 Å². The van der Waals surface area contributed by atoms with Gasteiger partial charge >= 0.3 is 0 Å². The van der Waals surface area contributed by atoms with Gasteiger partial charge in [-0.3, -0.25) is 4.79 Å². The molecule has 3 aromatic rings. The fourth-order valence-corrected chi connectivity index (χ4v) is 2.96.